The molecule has 0 atom stereocenters. The Balaban J connectivity index is 1.68. The van der Waals surface area contributed by atoms with Crippen LogP contribution in [0.3, 0.4) is 0 Å². The van der Waals surface area contributed by atoms with Gasteiger partial charge >= 0.3 is 5.69 Å². The number of carbonyl (C=O) groups excluding carboxylic acids is 1. The maximum atomic E-state index is 13.1. The van der Waals surface area contributed by atoms with Gasteiger partial charge in [-0.1, -0.05) is 73.6 Å². The molecule has 4 rings (SSSR count). The van der Waals surface area contributed by atoms with Crippen LogP contribution in [0.1, 0.15) is 48.8 Å². The number of aromatic hydroxyl groups is 1. The highest BCUT2D eigenvalue weighted by Gasteiger charge is 2.37. The van der Waals surface area contributed by atoms with Crippen LogP contribution >= 0.6 is 24.0 Å². The summed E-state index contributed by atoms with van der Waals surface area (Å²) in [7, 11) is 0. The third-order valence-corrected chi connectivity index (χ3v) is 7.01. The number of benzene rings is 2. The number of nitro benzene ring substituents is 1. The van der Waals surface area contributed by atoms with Crippen molar-refractivity contribution in [3.8, 4) is 5.75 Å². The predicted octanol–water partition coefficient (Wildman–Crippen LogP) is 5.43. The molecule has 1 aliphatic heterocycles. The first-order chi connectivity index (χ1) is 14.9. The van der Waals surface area contributed by atoms with Gasteiger partial charge in [0.05, 0.1) is 9.83 Å². The number of thiocarbonyl (C=S) groups is 1. The number of amides is 1. The van der Waals surface area contributed by atoms with E-state index in [0.29, 0.717) is 21.2 Å². The van der Waals surface area contributed by atoms with Gasteiger partial charge in [0.25, 0.3) is 5.91 Å². The third kappa shape index (κ3) is 4.65. The van der Waals surface area contributed by atoms with E-state index in [0.717, 1.165) is 31.2 Å². The van der Waals surface area contributed by atoms with E-state index in [1.807, 2.05) is 30.3 Å². The molecule has 2 aromatic carbocycles. The Kier molecular flexibility index (Phi) is 6.38. The molecule has 0 bridgehead atoms. The van der Waals surface area contributed by atoms with E-state index in [1.54, 1.807) is 11.0 Å². The van der Waals surface area contributed by atoms with Crippen molar-refractivity contribution >= 4 is 46.0 Å². The summed E-state index contributed by atoms with van der Waals surface area (Å²) >= 11 is 6.65. The van der Waals surface area contributed by atoms with Gasteiger partial charge in [-0.3, -0.25) is 19.8 Å². The average molecular weight is 455 g/mol. The molecule has 1 N–H and O–H groups in total. The number of phenolic OH excluding ortho intramolecular Hbond substituents is 1. The van der Waals surface area contributed by atoms with Gasteiger partial charge in [0.15, 0.2) is 0 Å². The summed E-state index contributed by atoms with van der Waals surface area (Å²) in [5.41, 5.74) is 1.56. The fourth-order valence-corrected chi connectivity index (χ4v) is 5.55. The van der Waals surface area contributed by atoms with E-state index in [-0.39, 0.29) is 23.2 Å². The SMILES string of the molecule is O=C1C(=Cc2cc(Cc3ccccc3)cc([N+](=O)[O-])c2O)SC(=S)N1C1CCCCC1. The first kappa shape index (κ1) is 21.5. The van der Waals surface area contributed by atoms with Gasteiger partial charge in [-0.25, -0.2) is 0 Å². The molecule has 2 aliphatic rings. The van der Waals surface area contributed by atoms with E-state index in [4.69, 9.17) is 12.2 Å². The van der Waals surface area contributed by atoms with Crippen molar-refractivity contribution in [3.05, 3.63) is 74.2 Å². The minimum absolute atomic E-state index is 0.111. The highest BCUT2D eigenvalue weighted by atomic mass is 32.2. The van der Waals surface area contributed by atoms with Crippen molar-refractivity contribution in [2.75, 3.05) is 0 Å². The number of hydrogen-bond acceptors (Lipinski definition) is 6. The van der Waals surface area contributed by atoms with Crippen molar-refractivity contribution < 1.29 is 14.8 Å². The Morgan fingerprint density at radius 1 is 1.16 bits per heavy atom. The number of thioether (sulfide) groups is 1. The lowest BCUT2D eigenvalue weighted by molar-refractivity contribution is -0.385. The lowest BCUT2D eigenvalue weighted by atomic mass is 9.94. The summed E-state index contributed by atoms with van der Waals surface area (Å²) < 4.78 is 0.512. The second-order valence-electron chi connectivity index (χ2n) is 7.82. The molecule has 2 fully saturated rings. The van der Waals surface area contributed by atoms with Crippen LogP contribution in [0.2, 0.25) is 0 Å². The zero-order valence-corrected chi connectivity index (χ0v) is 18.5. The molecule has 1 heterocycles. The minimum Gasteiger partial charge on any atom is -0.502 e. The molecule has 1 aliphatic carbocycles. The zero-order valence-electron chi connectivity index (χ0n) is 16.8. The van der Waals surface area contributed by atoms with Crippen molar-refractivity contribution in [2.45, 2.75) is 44.6 Å². The Bertz CT molecular complexity index is 1060. The zero-order chi connectivity index (χ0) is 22.0. The number of nitro groups is 1. The van der Waals surface area contributed by atoms with E-state index in [9.17, 15) is 20.0 Å². The van der Waals surface area contributed by atoms with Crippen LogP contribution in [0.15, 0.2) is 47.4 Å². The highest BCUT2D eigenvalue weighted by molar-refractivity contribution is 8.26. The Hall–Kier alpha value is -2.71. The molecule has 6 nitrogen and oxygen atoms in total. The lowest BCUT2D eigenvalue weighted by Crippen LogP contribution is -2.39. The molecule has 0 aromatic heterocycles. The van der Waals surface area contributed by atoms with Gasteiger partial charge in [0.2, 0.25) is 5.75 Å². The van der Waals surface area contributed by atoms with Crippen LogP contribution in [-0.2, 0) is 11.2 Å². The molecule has 1 saturated carbocycles. The highest BCUT2D eigenvalue weighted by Crippen LogP contribution is 2.40. The average Bonchev–Trinajstić information content (AvgIpc) is 3.04. The maximum absolute atomic E-state index is 13.1. The van der Waals surface area contributed by atoms with Crippen molar-refractivity contribution in [1.29, 1.82) is 0 Å². The fourth-order valence-electron chi connectivity index (χ4n) is 4.16. The number of hydrogen-bond donors (Lipinski definition) is 1. The van der Waals surface area contributed by atoms with E-state index < -0.39 is 10.7 Å². The van der Waals surface area contributed by atoms with Crippen LogP contribution in [0.25, 0.3) is 6.08 Å². The topological polar surface area (TPSA) is 83.7 Å². The van der Waals surface area contributed by atoms with Crippen molar-refractivity contribution in [1.82, 2.24) is 4.90 Å². The summed E-state index contributed by atoms with van der Waals surface area (Å²) in [4.78, 5) is 26.0. The molecule has 31 heavy (non-hydrogen) atoms. The van der Waals surface area contributed by atoms with Gasteiger partial charge in [0.1, 0.15) is 4.32 Å². The second kappa shape index (κ2) is 9.20. The lowest BCUT2D eigenvalue weighted by Gasteiger charge is -2.29. The second-order valence-corrected chi connectivity index (χ2v) is 9.49. The number of phenols is 1. The summed E-state index contributed by atoms with van der Waals surface area (Å²) in [6, 6.07) is 12.8. The maximum Gasteiger partial charge on any atom is 0.311 e. The quantitative estimate of drug-likeness (QED) is 0.281. The molecule has 160 valence electrons. The van der Waals surface area contributed by atoms with Crippen LogP contribution < -0.4 is 0 Å². The summed E-state index contributed by atoms with van der Waals surface area (Å²) in [6.45, 7) is 0. The molecular weight excluding hydrogens is 432 g/mol. The molecule has 8 heteroatoms. The molecule has 0 unspecified atom stereocenters. The monoisotopic (exact) mass is 454 g/mol. The summed E-state index contributed by atoms with van der Waals surface area (Å²) in [6.07, 6.45) is 7.20. The van der Waals surface area contributed by atoms with E-state index in [2.05, 4.69) is 0 Å². The molecule has 2 aromatic rings. The molecule has 0 radical (unpaired) electrons. The van der Waals surface area contributed by atoms with Gasteiger partial charge in [0, 0.05) is 17.7 Å². The normalized spacial score (nSPS) is 18.7. The molecule has 1 amide bonds. The first-order valence-electron chi connectivity index (χ1n) is 10.3. The van der Waals surface area contributed by atoms with E-state index in [1.165, 1.54) is 30.3 Å². The minimum atomic E-state index is -0.603. The largest absolute Gasteiger partial charge is 0.502 e. The molecule has 1 saturated heterocycles. The van der Waals surface area contributed by atoms with Gasteiger partial charge in [-0.05, 0) is 42.5 Å². The van der Waals surface area contributed by atoms with Crippen molar-refractivity contribution in [3.63, 3.8) is 0 Å². The standard InChI is InChI=1S/C23H22N2O4S2/c26-21-17(12-16(13-19(21)25(28)29)11-15-7-3-1-4-8-15)14-20-22(27)24(23(30)31-20)18-9-5-2-6-10-18/h1,3-4,7-8,12-14,18,26H,2,5-6,9-11H2. The number of nitrogens with zero attached hydrogens (tertiary/aromatic N) is 2. The van der Waals surface area contributed by atoms with Crippen LogP contribution in [0, 0.1) is 10.1 Å². The van der Waals surface area contributed by atoms with Gasteiger partial charge in [-0.2, -0.15) is 0 Å². The van der Waals surface area contributed by atoms with Crippen LogP contribution in [-0.4, -0.2) is 31.2 Å². The Morgan fingerprint density at radius 3 is 2.55 bits per heavy atom. The van der Waals surface area contributed by atoms with Gasteiger partial charge in [-0.15, -0.1) is 0 Å². The van der Waals surface area contributed by atoms with Crippen LogP contribution in [0.4, 0.5) is 5.69 Å². The number of rotatable bonds is 5. The van der Waals surface area contributed by atoms with Gasteiger partial charge < -0.3 is 5.11 Å². The smallest absolute Gasteiger partial charge is 0.311 e. The van der Waals surface area contributed by atoms with Crippen molar-refractivity contribution in [2.24, 2.45) is 0 Å². The predicted molar refractivity (Wildman–Crippen MR) is 126 cm³/mol. The van der Waals surface area contributed by atoms with E-state index >= 15 is 0 Å². The summed E-state index contributed by atoms with van der Waals surface area (Å²) in [5, 5.41) is 22.0. The first-order valence-corrected chi connectivity index (χ1v) is 11.5. The molecule has 0 spiro atoms. The fraction of sp³-hybridized carbons (Fsp3) is 0.304. The Labute approximate surface area is 190 Å². The number of carbonyl (C=O) groups is 1. The summed E-state index contributed by atoms with van der Waals surface area (Å²) in [5.74, 6) is -0.623. The molecular formula is C23H22N2O4S2. The van der Waals surface area contributed by atoms with Crippen LogP contribution in [0.5, 0.6) is 5.75 Å². The third-order valence-electron chi connectivity index (χ3n) is 5.68. The Morgan fingerprint density at radius 2 is 1.87 bits per heavy atom.